The molecule has 0 saturated heterocycles. The van der Waals surface area contributed by atoms with Gasteiger partial charge in [0.05, 0.1) is 19.3 Å². The lowest BCUT2D eigenvalue weighted by Crippen LogP contribution is -2.15. The molecule has 0 fully saturated rings. The largest absolute Gasteiger partial charge is 0.497 e. The average molecular weight is 254 g/mol. The number of aliphatic hydroxyl groups is 1. The molecule has 1 N–H and O–H groups in total. The highest BCUT2D eigenvalue weighted by atomic mass is 16.5. The zero-order valence-electron chi connectivity index (χ0n) is 11.5. The van der Waals surface area contributed by atoms with Gasteiger partial charge in [0, 0.05) is 31.8 Å². The van der Waals surface area contributed by atoms with Crippen LogP contribution in [0.4, 0.5) is 0 Å². The molecule has 0 amide bonds. The summed E-state index contributed by atoms with van der Waals surface area (Å²) in [6.07, 6.45) is 0.252. The number of methoxy groups -OCH3 is 2. The third-order valence-corrected chi connectivity index (χ3v) is 2.73. The van der Waals surface area contributed by atoms with E-state index in [4.69, 9.17) is 14.2 Å². The van der Waals surface area contributed by atoms with E-state index >= 15 is 0 Å². The minimum atomic E-state index is -0.569. The van der Waals surface area contributed by atoms with Crippen molar-refractivity contribution in [2.75, 3.05) is 20.8 Å². The molecule has 0 aliphatic carbocycles. The third kappa shape index (κ3) is 4.20. The fourth-order valence-electron chi connectivity index (χ4n) is 1.65. The van der Waals surface area contributed by atoms with Crippen molar-refractivity contribution in [3.8, 4) is 11.5 Å². The van der Waals surface area contributed by atoms with Gasteiger partial charge in [0.15, 0.2) is 0 Å². The van der Waals surface area contributed by atoms with Crippen LogP contribution in [0.5, 0.6) is 11.5 Å². The first-order valence-corrected chi connectivity index (χ1v) is 6.10. The van der Waals surface area contributed by atoms with E-state index in [1.165, 1.54) is 0 Å². The van der Waals surface area contributed by atoms with Crippen molar-refractivity contribution in [3.05, 3.63) is 23.8 Å². The van der Waals surface area contributed by atoms with Crippen molar-refractivity contribution in [1.82, 2.24) is 0 Å². The van der Waals surface area contributed by atoms with Crippen molar-refractivity contribution in [3.63, 3.8) is 0 Å². The highest BCUT2D eigenvalue weighted by Gasteiger charge is 2.13. The minimum Gasteiger partial charge on any atom is -0.497 e. The lowest BCUT2D eigenvalue weighted by atomic mass is 10.1. The first kappa shape index (κ1) is 14.8. The lowest BCUT2D eigenvalue weighted by Gasteiger charge is -2.19. The molecule has 2 atom stereocenters. The summed E-state index contributed by atoms with van der Waals surface area (Å²) in [6, 6.07) is 5.43. The molecule has 1 aromatic carbocycles. The predicted octanol–water partition coefficient (Wildman–Crippen LogP) is 2.55. The third-order valence-electron chi connectivity index (χ3n) is 2.73. The summed E-state index contributed by atoms with van der Waals surface area (Å²) in [4.78, 5) is 0. The Balaban J connectivity index is 2.83. The molecule has 102 valence electrons. The maximum absolute atomic E-state index is 9.71. The van der Waals surface area contributed by atoms with Crippen LogP contribution in [0.3, 0.4) is 0 Å². The van der Waals surface area contributed by atoms with Gasteiger partial charge in [-0.25, -0.2) is 0 Å². The summed E-state index contributed by atoms with van der Waals surface area (Å²) in [5.74, 6) is 1.38. The van der Waals surface area contributed by atoms with Gasteiger partial charge in [-0.1, -0.05) is 0 Å². The van der Waals surface area contributed by atoms with Gasteiger partial charge >= 0.3 is 0 Å². The number of benzene rings is 1. The SMILES string of the molecule is COCCC(C)Oc1cc(OC)ccc1[C@@H](C)O. The molecular weight excluding hydrogens is 232 g/mol. The topological polar surface area (TPSA) is 47.9 Å². The van der Waals surface area contributed by atoms with Gasteiger partial charge in [-0.2, -0.15) is 0 Å². The standard InChI is InChI=1S/C14H22O4/c1-10(7-8-16-3)18-14-9-12(17-4)5-6-13(14)11(2)15/h5-6,9-11,15H,7-8H2,1-4H3/t10?,11-/m1/s1. The smallest absolute Gasteiger partial charge is 0.129 e. The normalized spacial score (nSPS) is 14.1. The molecule has 0 aliphatic rings. The Hall–Kier alpha value is -1.26. The molecule has 1 aromatic rings. The molecule has 0 aliphatic heterocycles. The molecule has 0 spiro atoms. The number of hydrogen-bond donors (Lipinski definition) is 1. The molecule has 0 radical (unpaired) electrons. The van der Waals surface area contributed by atoms with Gasteiger partial charge in [0.2, 0.25) is 0 Å². The fraction of sp³-hybridized carbons (Fsp3) is 0.571. The first-order chi connectivity index (χ1) is 8.58. The second kappa shape index (κ2) is 7.24. The Morgan fingerprint density at radius 3 is 2.50 bits per heavy atom. The van der Waals surface area contributed by atoms with Crippen LogP contribution in [0.1, 0.15) is 31.9 Å². The summed E-state index contributed by atoms with van der Waals surface area (Å²) < 4.78 is 16.0. The van der Waals surface area contributed by atoms with E-state index in [0.717, 1.165) is 12.0 Å². The van der Waals surface area contributed by atoms with Gasteiger partial charge in [-0.3, -0.25) is 0 Å². The van der Waals surface area contributed by atoms with E-state index in [9.17, 15) is 5.11 Å². The highest BCUT2D eigenvalue weighted by Crippen LogP contribution is 2.30. The fourth-order valence-corrected chi connectivity index (χ4v) is 1.65. The molecule has 4 heteroatoms. The van der Waals surface area contributed by atoms with Crippen LogP contribution in [0.15, 0.2) is 18.2 Å². The van der Waals surface area contributed by atoms with Gasteiger partial charge in [-0.15, -0.1) is 0 Å². The first-order valence-electron chi connectivity index (χ1n) is 6.10. The molecular formula is C14H22O4. The van der Waals surface area contributed by atoms with Crippen molar-refractivity contribution in [2.24, 2.45) is 0 Å². The Bertz CT molecular complexity index is 363. The van der Waals surface area contributed by atoms with E-state index in [1.54, 1.807) is 27.2 Å². The molecule has 0 aromatic heterocycles. The van der Waals surface area contributed by atoms with E-state index in [2.05, 4.69) is 0 Å². The Kier molecular flexibility index (Phi) is 5.95. The summed E-state index contributed by atoms with van der Waals surface area (Å²) in [5, 5.41) is 9.71. The number of ether oxygens (including phenoxy) is 3. The Morgan fingerprint density at radius 1 is 1.22 bits per heavy atom. The summed E-state index contributed by atoms with van der Waals surface area (Å²) >= 11 is 0. The molecule has 1 rings (SSSR count). The van der Waals surface area contributed by atoms with Crippen LogP contribution in [-0.2, 0) is 4.74 Å². The van der Waals surface area contributed by atoms with Crippen molar-refractivity contribution >= 4 is 0 Å². The minimum absolute atomic E-state index is 0.0227. The second-order valence-corrected chi connectivity index (χ2v) is 4.29. The van der Waals surface area contributed by atoms with Crippen molar-refractivity contribution in [1.29, 1.82) is 0 Å². The zero-order valence-corrected chi connectivity index (χ0v) is 11.5. The second-order valence-electron chi connectivity index (χ2n) is 4.29. The molecule has 1 unspecified atom stereocenters. The monoisotopic (exact) mass is 254 g/mol. The summed E-state index contributed by atoms with van der Waals surface area (Å²) in [5.41, 5.74) is 0.764. The van der Waals surface area contributed by atoms with E-state index < -0.39 is 6.10 Å². The zero-order chi connectivity index (χ0) is 13.5. The molecule has 0 saturated carbocycles. The Labute approximate surface area is 108 Å². The molecule has 0 heterocycles. The molecule has 18 heavy (non-hydrogen) atoms. The average Bonchev–Trinajstić information content (AvgIpc) is 2.35. The van der Waals surface area contributed by atoms with Crippen LogP contribution >= 0.6 is 0 Å². The van der Waals surface area contributed by atoms with Gasteiger partial charge in [-0.05, 0) is 26.0 Å². The number of aliphatic hydroxyl groups excluding tert-OH is 1. The maximum atomic E-state index is 9.71. The highest BCUT2D eigenvalue weighted by molar-refractivity contribution is 5.41. The van der Waals surface area contributed by atoms with Crippen LogP contribution < -0.4 is 9.47 Å². The molecule has 4 nitrogen and oxygen atoms in total. The van der Waals surface area contributed by atoms with E-state index in [-0.39, 0.29) is 6.10 Å². The summed E-state index contributed by atoms with van der Waals surface area (Å²) in [7, 11) is 3.27. The number of rotatable bonds is 7. The lowest BCUT2D eigenvalue weighted by molar-refractivity contribution is 0.129. The van der Waals surface area contributed by atoms with Gasteiger partial charge in [0.25, 0.3) is 0 Å². The predicted molar refractivity (Wildman–Crippen MR) is 70.2 cm³/mol. The van der Waals surface area contributed by atoms with Crippen LogP contribution in [0.2, 0.25) is 0 Å². The van der Waals surface area contributed by atoms with Crippen molar-refractivity contribution in [2.45, 2.75) is 32.5 Å². The Morgan fingerprint density at radius 2 is 1.94 bits per heavy atom. The van der Waals surface area contributed by atoms with Gasteiger partial charge in [0.1, 0.15) is 11.5 Å². The maximum Gasteiger partial charge on any atom is 0.129 e. The van der Waals surface area contributed by atoms with Gasteiger partial charge < -0.3 is 19.3 Å². The number of hydrogen-bond acceptors (Lipinski definition) is 4. The van der Waals surface area contributed by atoms with E-state index in [0.29, 0.717) is 18.1 Å². The van der Waals surface area contributed by atoms with E-state index in [1.807, 2.05) is 19.1 Å². The van der Waals surface area contributed by atoms with Crippen molar-refractivity contribution < 1.29 is 19.3 Å². The quantitative estimate of drug-likeness (QED) is 0.812. The van der Waals surface area contributed by atoms with Crippen LogP contribution in [0, 0.1) is 0 Å². The molecule has 0 bridgehead atoms. The van der Waals surface area contributed by atoms with Crippen LogP contribution in [-0.4, -0.2) is 32.0 Å². The van der Waals surface area contributed by atoms with Crippen LogP contribution in [0.25, 0.3) is 0 Å². The summed E-state index contributed by atoms with van der Waals surface area (Å²) in [6.45, 7) is 4.34.